The van der Waals surface area contributed by atoms with Crippen LogP contribution in [0.5, 0.6) is 5.75 Å². The van der Waals surface area contributed by atoms with Crippen LogP contribution in [0.15, 0.2) is 90.4 Å². The summed E-state index contributed by atoms with van der Waals surface area (Å²) in [7, 11) is 1.63. The van der Waals surface area contributed by atoms with Crippen LogP contribution in [0, 0.1) is 0 Å². The molecule has 0 unspecified atom stereocenters. The molecule has 4 rings (SSSR count). The maximum atomic E-state index is 6.12. The van der Waals surface area contributed by atoms with Gasteiger partial charge in [-0.1, -0.05) is 60.7 Å². The van der Waals surface area contributed by atoms with Crippen molar-refractivity contribution in [2.75, 3.05) is 12.4 Å². The van der Waals surface area contributed by atoms with Crippen LogP contribution in [0.25, 0.3) is 11.1 Å². The van der Waals surface area contributed by atoms with Crippen LogP contribution in [-0.2, 0) is 13.1 Å². The zero-order valence-electron chi connectivity index (χ0n) is 17.7. The molecule has 0 bridgehead atoms. The monoisotopic (exact) mass is 540 g/mol. The first-order valence-corrected chi connectivity index (χ1v) is 9.92. The van der Waals surface area contributed by atoms with E-state index in [4.69, 9.17) is 10.5 Å². The first kappa shape index (κ1) is 23.3. The highest BCUT2D eigenvalue weighted by molar-refractivity contribution is 14.0. The minimum absolute atomic E-state index is 0. The maximum Gasteiger partial charge on any atom is 0.193 e. The van der Waals surface area contributed by atoms with Crippen molar-refractivity contribution in [2.24, 2.45) is 10.7 Å². The van der Waals surface area contributed by atoms with Crippen LogP contribution in [-0.4, -0.2) is 27.8 Å². The molecule has 0 amide bonds. The lowest BCUT2D eigenvalue weighted by Gasteiger charge is -2.11. The Morgan fingerprint density at radius 2 is 1.78 bits per heavy atom. The highest BCUT2D eigenvalue weighted by atomic mass is 127. The van der Waals surface area contributed by atoms with Crippen LogP contribution in [0.3, 0.4) is 0 Å². The fourth-order valence-corrected chi connectivity index (χ4v) is 3.33. The van der Waals surface area contributed by atoms with Crippen molar-refractivity contribution in [3.63, 3.8) is 0 Å². The van der Waals surface area contributed by atoms with E-state index in [0.717, 1.165) is 27.9 Å². The molecule has 1 heterocycles. The summed E-state index contributed by atoms with van der Waals surface area (Å²) in [5.74, 6) is 1.05. The van der Waals surface area contributed by atoms with Crippen LogP contribution in [0.1, 0.15) is 11.1 Å². The van der Waals surface area contributed by atoms with Gasteiger partial charge in [0.25, 0.3) is 0 Å². The Morgan fingerprint density at radius 1 is 1.03 bits per heavy atom. The third kappa shape index (κ3) is 5.85. The molecule has 32 heavy (non-hydrogen) atoms. The van der Waals surface area contributed by atoms with E-state index >= 15 is 0 Å². The number of halogens is 1. The van der Waals surface area contributed by atoms with Gasteiger partial charge < -0.3 is 15.8 Å². The van der Waals surface area contributed by atoms with Crippen LogP contribution in [0.2, 0.25) is 0 Å². The number of hydrogen-bond acceptors (Lipinski definition) is 4. The smallest absolute Gasteiger partial charge is 0.193 e. The molecule has 0 saturated heterocycles. The number of anilines is 1. The van der Waals surface area contributed by atoms with Gasteiger partial charge in [-0.05, 0) is 34.4 Å². The zero-order chi connectivity index (χ0) is 21.5. The molecule has 0 aliphatic rings. The molecule has 8 heteroatoms. The van der Waals surface area contributed by atoms with Crippen LogP contribution < -0.4 is 15.8 Å². The predicted molar refractivity (Wildman–Crippen MR) is 138 cm³/mol. The van der Waals surface area contributed by atoms with E-state index in [1.54, 1.807) is 24.4 Å². The lowest BCUT2D eigenvalue weighted by Crippen LogP contribution is -2.23. The average molecular weight is 540 g/mol. The second kappa shape index (κ2) is 11.3. The molecule has 4 aromatic rings. The Labute approximate surface area is 204 Å². The Morgan fingerprint density at radius 3 is 2.53 bits per heavy atom. The Hall–Kier alpha value is -3.40. The molecule has 164 valence electrons. The molecule has 0 saturated carbocycles. The van der Waals surface area contributed by atoms with E-state index in [1.807, 2.05) is 36.4 Å². The molecule has 1 aromatic heterocycles. The number of para-hydroxylation sites is 2. The van der Waals surface area contributed by atoms with E-state index in [0.29, 0.717) is 24.8 Å². The average Bonchev–Trinajstić information content (AvgIpc) is 3.32. The van der Waals surface area contributed by atoms with Gasteiger partial charge in [0.2, 0.25) is 0 Å². The molecule has 0 aliphatic heterocycles. The second-order valence-corrected chi connectivity index (χ2v) is 6.97. The summed E-state index contributed by atoms with van der Waals surface area (Å²) in [6, 6.07) is 24.2. The number of aromatic nitrogens is 3. The quantitative estimate of drug-likeness (QED) is 0.204. The molecule has 0 spiro atoms. The number of nitrogens with one attached hydrogen (secondary N) is 1. The first-order valence-electron chi connectivity index (χ1n) is 9.92. The number of rotatable bonds is 7. The predicted octanol–water partition coefficient (Wildman–Crippen LogP) is 4.55. The summed E-state index contributed by atoms with van der Waals surface area (Å²) in [6.07, 6.45) is 3.25. The lowest BCUT2D eigenvalue weighted by molar-refractivity contribution is 0.417. The van der Waals surface area contributed by atoms with Crippen molar-refractivity contribution in [2.45, 2.75) is 13.1 Å². The number of aliphatic imine (C=N–C) groups is 1. The lowest BCUT2D eigenvalue weighted by atomic mass is 9.98. The van der Waals surface area contributed by atoms with Crippen molar-refractivity contribution >= 4 is 35.6 Å². The first-order chi connectivity index (χ1) is 15.2. The number of guanidine groups is 1. The van der Waals surface area contributed by atoms with Gasteiger partial charge in [0, 0.05) is 0 Å². The van der Waals surface area contributed by atoms with Crippen molar-refractivity contribution in [1.82, 2.24) is 14.8 Å². The molecule has 0 aliphatic carbocycles. The molecular formula is C24H25IN6O. The topological polar surface area (TPSA) is 90.3 Å². The highest BCUT2D eigenvalue weighted by Crippen LogP contribution is 2.25. The molecule has 0 atom stereocenters. The van der Waals surface area contributed by atoms with Gasteiger partial charge in [-0.25, -0.2) is 14.7 Å². The Balaban J connectivity index is 0.00000289. The fourth-order valence-electron chi connectivity index (χ4n) is 3.33. The molecular weight excluding hydrogens is 515 g/mol. The van der Waals surface area contributed by atoms with Gasteiger partial charge in [0.1, 0.15) is 18.4 Å². The van der Waals surface area contributed by atoms with Crippen LogP contribution in [0.4, 0.5) is 5.69 Å². The van der Waals surface area contributed by atoms with E-state index in [1.165, 1.54) is 0 Å². The van der Waals surface area contributed by atoms with E-state index in [-0.39, 0.29) is 24.0 Å². The summed E-state index contributed by atoms with van der Waals surface area (Å²) in [5.41, 5.74) is 11.4. The van der Waals surface area contributed by atoms with Crippen molar-refractivity contribution < 1.29 is 4.74 Å². The van der Waals surface area contributed by atoms with Crippen LogP contribution >= 0.6 is 24.0 Å². The Kier molecular flexibility index (Phi) is 8.20. The van der Waals surface area contributed by atoms with Gasteiger partial charge >= 0.3 is 0 Å². The van der Waals surface area contributed by atoms with E-state index < -0.39 is 0 Å². The largest absolute Gasteiger partial charge is 0.495 e. The van der Waals surface area contributed by atoms with E-state index in [9.17, 15) is 0 Å². The Bertz CT molecular complexity index is 1160. The zero-order valence-corrected chi connectivity index (χ0v) is 20.0. The number of nitrogens with zero attached hydrogens (tertiary/aromatic N) is 4. The van der Waals surface area contributed by atoms with E-state index in [2.05, 4.69) is 56.8 Å². The van der Waals surface area contributed by atoms with Crippen molar-refractivity contribution in [3.05, 3.63) is 96.6 Å². The molecule has 0 fully saturated rings. The normalized spacial score (nSPS) is 11.0. The highest BCUT2D eigenvalue weighted by Gasteiger charge is 2.06. The van der Waals surface area contributed by atoms with Gasteiger partial charge in [-0.2, -0.15) is 5.10 Å². The van der Waals surface area contributed by atoms with Gasteiger partial charge in [-0.15, -0.1) is 24.0 Å². The molecule has 3 N–H and O–H groups in total. The fraction of sp³-hybridized carbons (Fsp3) is 0.125. The minimum atomic E-state index is 0. The van der Waals surface area contributed by atoms with Crippen molar-refractivity contribution in [3.8, 4) is 16.9 Å². The van der Waals surface area contributed by atoms with Gasteiger partial charge in [0.05, 0.1) is 25.9 Å². The molecule has 3 aromatic carbocycles. The molecule has 7 nitrogen and oxygen atoms in total. The minimum Gasteiger partial charge on any atom is -0.495 e. The number of nitrogens with two attached hydrogens (primary N) is 1. The number of methoxy groups -OCH3 is 1. The SMILES string of the molecule is COc1ccccc1NC(N)=NCc1ccccc1-c1ccc(Cn2cncn2)cc1.I. The summed E-state index contributed by atoms with van der Waals surface area (Å²) >= 11 is 0. The standard InChI is InChI=1S/C24H24N6O.HI/c1-31-23-9-5-4-8-22(23)29-24(25)27-14-20-6-2-3-7-21(20)19-12-10-18(11-13-19)15-30-17-26-16-28-30;/h2-13,16-17H,14-15H2,1H3,(H3,25,27,29);1H. The second-order valence-electron chi connectivity index (χ2n) is 6.97. The summed E-state index contributed by atoms with van der Waals surface area (Å²) in [5, 5.41) is 7.26. The molecule has 0 radical (unpaired) electrons. The maximum absolute atomic E-state index is 6.12. The number of hydrogen-bond donors (Lipinski definition) is 2. The third-order valence-corrected chi connectivity index (χ3v) is 4.88. The van der Waals surface area contributed by atoms with Crippen molar-refractivity contribution in [1.29, 1.82) is 0 Å². The van der Waals surface area contributed by atoms with Gasteiger partial charge in [0.15, 0.2) is 5.96 Å². The summed E-state index contributed by atoms with van der Waals surface area (Å²) in [4.78, 5) is 8.51. The number of benzene rings is 3. The number of ether oxygens (including phenoxy) is 1. The van der Waals surface area contributed by atoms with Gasteiger partial charge in [-0.3, -0.25) is 0 Å². The third-order valence-electron chi connectivity index (χ3n) is 4.88. The summed E-state index contributed by atoms with van der Waals surface area (Å²) < 4.78 is 7.15. The summed E-state index contributed by atoms with van der Waals surface area (Å²) in [6.45, 7) is 1.15.